The van der Waals surface area contributed by atoms with Crippen molar-refractivity contribution < 1.29 is 4.43 Å². The average Bonchev–Trinajstić information content (AvgIpc) is 2.15. The van der Waals surface area contributed by atoms with Gasteiger partial charge in [0.05, 0.1) is 6.10 Å². The summed E-state index contributed by atoms with van der Waals surface area (Å²) in [5.41, 5.74) is 0. The summed E-state index contributed by atoms with van der Waals surface area (Å²) in [5.74, 6) is 0.748. The molecule has 0 bridgehead atoms. The summed E-state index contributed by atoms with van der Waals surface area (Å²) in [6.07, 6.45) is 6.24. The van der Waals surface area contributed by atoms with Gasteiger partial charge in [-0.3, -0.25) is 0 Å². The van der Waals surface area contributed by atoms with Crippen molar-refractivity contribution in [2.24, 2.45) is 5.92 Å². The van der Waals surface area contributed by atoms with Gasteiger partial charge in [-0.15, -0.1) is 0 Å². The van der Waals surface area contributed by atoms with Gasteiger partial charge in [0.2, 0.25) is 0 Å². The lowest BCUT2D eigenvalue weighted by molar-refractivity contribution is 0.192. The molecule has 1 unspecified atom stereocenters. The predicted octanol–water partition coefficient (Wildman–Crippen LogP) is 6.15. The van der Waals surface area contributed by atoms with Gasteiger partial charge in [-0.1, -0.05) is 76.1 Å². The molecule has 0 aliphatic rings. The van der Waals surface area contributed by atoms with Crippen molar-refractivity contribution in [3.8, 4) is 0 Å². The lowest BCUT2D eigenvalue weighted by Crippen LogP contribution is -2.43. The Bertz CT molecular complexity index is 256. The quantitative estimate of drug-likeness (QED) is 0.379. The molecule has 0 amide bonds. The first kappa shape index (κ1) is 18.6. The molecular formula is C15H31IOSi. The van der Waals surface area contributed by atoms with Crippen LogP contribution in [0.5, 0.6) is 0 Å². The maximum Gasteiger partial charge on any atom is 0.192 e. The molecule has 0 saturated carbocycles. The van der Waals surface area contributed by atoms with E-state index in [-0.39, 0.29) is 0 Å². The van der Waals surface area contributed by atoms with E-state index in [1.54, 1.807) is 0 Å². The molecule has 0 heterocycles. The zero-order chi connectivity index (χ0) is 14.4. The number of rotatable bonds is 7. The summed E-state index contributed by atoms with van der Waals surface area (Å²) in [4.78, 5) is 0. The first-order valence-corrected chi connectivity index (χ1v) is 11.2. The lowest BCUT2D eigenvalue weighted by atomic mass is 9.99. The first-order chi connectivity index (χ1) is 8.14. The normalized spacial score (nSPS) is 17.1. The van der Waals surface area contributed by atoms with Crippen molar-refractivity contribution in [1.29, 1.82) is 0 Å². The van der Waals surface area contributed by atoms with Crippen LogP contribution in [0.25, 0.3) is 0 Å². The van der Waals surface area contributed by atoms with Gasteiger partial charge in [-0.25, -0.2) is 0 Å². The van der Waals surface area contributed by atoms with Crippen LogP contribution in [0.2, 0.25) is 18.1 Å². The number of hydrogen-bond acceptors (Lipinski definition) is 1. The Morgan fingerprint density at radius 1 is 1.28 bits per heavy atom. The van der Waals surface area contributed by atoms with Crippen LogP contribution in [-0.4, -0.2) is 14.4 Å². The highest BCUT2D eigenvalue weighted by atomic mass is 127. The SMILES string of the molecule is CCC[C@H](C)CC(/C=C/I)O[Si](C)(C)C(C)(C)C. The van der Waals surface area contributed by atoms with Crippen molar-refractivity contribution in [3.05, 3.63) is 10.2 Å². The summed E-state index contributed by atoms with van der Waals surface area (Å²) >= 11 is 2.30. The Morgan fingerprint density at radius 3 is 2.22 bits per heavy atom. The van der Waals surface area contributed by atoms with E-state index < -0.39 is 8.32 Å². The summed E-state index contributed by atoms with van der Waals surface area (Å²) in [6, 6.07) is 0. The first-order valence-electron chi connectivity index (χ1n) is 7.08. The fourth-order valence-corrected chi connectivity index (χ4v) is 3.56. The summed E-state index contributed by atoms with van der Waals surface area (Å²) < 4.78 is 8.61. The Kier molecular flexibility index (Phi) is 8.34. The van der Waals surface area contributed by atoms with Gasteiger partial charge in [-0.2, -0.15) is 0 Å². The second-order valence-corrected chi connectivity index (χ2v) is 12.3. The molecule has 0 N–H and O–H groups in total. The Balaban J connectivity index is 4.63. The highest BCUT2D eigenvalue weighted by Gasteiger charge is 2.38. The summed E-state index contributed by atoms with van der Waals surface area (Å²) in [5, 5.41) is 0.290. The molecule has 18 heavy (non-hydrogen) atoms. The van der Waals surface area contributed by atoms with Crippen molar-refractivity contribution in [1.82, 2.24) is 0 Å². The third-order valence-corrected chi connectivity index (χ3v) is 8.88. The lowest BCUT2D eigenvalue weighted by Gasteiger charge is -2.39. The Labute approximate surface area is 129 Å². The highest BCUT2D eigenvalue weighted by molar-refractivity contribution is 14.1. The molecule has 108 valence electrons. The molecule has 0 radical (unpaired) electrons. The standard InChI is InChI=1S/C15H31IOSi/c1-8-9-13(2)12-14(10-11-16)17-18(6,7)15(3,4)5/h10-11,13-14H,8-9,12H2,1-7H3/b11-10+/t13-,14?/m0/s1. The molecule has 0 aromatic heterocycles. The highest BCUT2D eigenvalue weighted by Crippen LogP contribution is 2.38. The molecule has 0 saturated heterocycles. The van der Waals surface area contributed by atoms with Crippen molar-refractivity contribution in [2.75, 3.05) is 0 Å². The maximum absolute atomic E-state index is 6.51. The van der Waals surface area contributed by atoms with Crippen LogP contribution in [0.15, 0.2) is 10.2 Å². The summed E-state index contributed by atoms with van der Waals surface area (Å²) in [6.45, 7) is 16.2. The molecule has 0 rings (SSSR count). The second kappa shape index (κ2) is 8.05. The van der Waals surface area contributed by atoms with E-state index in [9.17, 15) is 0 Å². The van der Waals surface area contributed by atoms with Crippen LogP contribution in [0.1, 0.15) is 53.9 Å². The Morgan fingerprint density at radius 2 is 1.83 bits per heavy atom. The van der Waals surface area contributed by atoms with E-state index in [2.05, 4.69) is 80.5 Å². The van der Waals surface area contributed by atoms with Gasteiger partial charge in [0.1, 0.15) is 0 Å². The predicted molar refractivity (Wildman–Crippen MR) is 93.9 cm³/mol. The van der Waals surface area contributed by atoms with Crippen molar-refractivity contribution in [3.63, 3.8) is 0 Å². The van der Waals surface area contributed by atoms with Crippen LogP contribution in [0.3, 0.4) is 0 Å². The molecule has 0 aliphatic heterocycles. The van der Waals surface area contributed by atoms with Gasteiger partial charge in [0.25, 0.3) is 0 Å². The minimum atomic E-state index is -1.65. The van der Waals surface area contributed by atoms with E-state index in [4.69, 9.17) is 4.43 Å². The third kappa shape index (κ3) is 6.71. The van der Waals surface area contributed by atoms with Crippen LogP contribution < -0.4 is 0 Å². The molecule has 0 aromatic rings. The van der Waals surface area contributed by atoms with Crippen molar-refractivity contribution in [2.45, 2.75) is 78.1 Å². The zero-order valence-corrected chi connectivity index (χ0v) is 16.4. The van der Waals surface area contributed by atoms with E-state index >= 15 is 0 Å². The van der Waals surface area contributed by atoms with E-state index in [0.29, 0.717) is 11.1 Å². The fourth-order valence-electron chi connectivity index (χ4n) is 1.81. The van der Waals surface area contributed by atoms with Crippen LogP contribution in [0, 0.1) is 5.92 Å². The van der Waals surface area contributed by atoms with E-state index in [0.717, 1.165) is 12.3 Å². The largest absolute Gasteiger partial charge is 0.411 e. The monoisotopic (exact) mass is 382 g/mol. The maximum atomic E-state index is 6.51. The van der Waals surface area contributed by atoms with Crippen LogP contribution >= 0.6 is 22.6 Å². The van der Waals surface area contributed by atoms with Gasteiger partial charge >= 0.3 is 0 Å². The number of hydrogen-bond donors (Lipinski definition) is 0. The molecule has 0 fully saturated rings. The third-order valence-electron chi connectivity index (χ3n) is 3.96. The van der Waals surface area contributed by atoms with E-state index in [1.165, 1.54) is 12.8 Å². The minimum absolute atomic E-state index is 0.290. The molecule has 1 nitrogen and oxygen atoms in total. The smallest absolute Gasteiger partial charge is 0.192 e. The molecular weight excluding hydrogens is 351 g/mol. The number of halogens is 1. The van der Waals surface area contributed by atoms with Crippen LogP contribution in [0.4, 0.5) is 0 Å². The second-order valence-electron chi connectivity index (χ2n) is 6.86. The average molecular weight is 382 g/mol. The Hall–Kier alpha value is 0.647. The van der Waals surface area contributed by atoms with Gasteiger partial charge < -0.3 is 4.43 Å². The molecule has 3 heteroatoms. The minimum Gasteiger partial charge on any atom is -0.411 e. The van der Waals surface area contributed by atoms with E-state index in [1.807, 2.05) is 0 Å². The van der Waals surface area contributed by atoms with Gasteiger partial charge in [-0.05, 0) is 34.6 Å². The molecule has 0 spiro atoms. The van der Waals surface area contributed by atoms with Crippen molar-refractivity contribution >= 4 is 30.9 Å². The van der Waals surface area contributed by atoms with Gasteiger partial charge in [0.15, 0.2) is 8.32 Å². The fraction of sp³-hybridized carbons (Fsp3) is 0.867. The summed E-state index contributed by atoms with van der Waals surface area (Å²) in [7, 11) is -1.65. The zero-order valence-electron chi connectivity index (χ0n) is 13.2. The topological polar surface area (TPSA) is 9.23 Å². The van der Waals surface area contributed by atoms with Crippen LogP contribution in [-0.2, 0) is 4.43 Å². The molecule has 2 atom stereocenters. The molecule has 0 aromatic carbocycles. The molecule has 0 aliphatic carbocycles. The van der Waals surface area contributed by atoms with Gasteiger partial charge in [0, 0.05) is 0 Å².